The number of carbonyl (C=O) groups is 1. The van der Waals surface area contributed by atoms with Crippen LogP contribution >= 0.6 is 11.6 Å². The third kappa shape index (κ3) is 5.85. The lowest BCUT2D eigenvalue weighted by Crippen LogP contribution is -2.13. The molecule has 2 aromatic heterocycles. The lowest BCUT2D eigenvalue weighted by molar-refractivity contribution is -0.143. The van der Waals surface area contributed by atoms with Crippen molar-refractivity contribution >= 4 is 17.4 Å². The van der Waals surface area contributed by atoms with Crippen LogP contribution in [0.1, 0.15) is 32.6 Å². The van der Waals surface area contributed by atoms with Crippen LogP contribution in [0.4, 0.5) is 26.3 Å². The van der Waals surface area contributed by atoms with Gasteiger partial charge in [-0.05, 0) is 48.0 Å². The molecule has 0 aliphatic carbocycles. The first kappa shape index (κ1) is 28.0. The van der Waals surface area contributed by atoms with Gasteiger partial charge in [-0.25, -0.2) is 4.68 Å². The first-order valence-electron chi connectivity index (χ1n) is 12.0. The Balaban J connectivity index is 1.67. The van der Waals surface area contributed by atoms with Crippen molar-refractivity contribution in [2.45, 2.75) is 18.9 Å². The number of hydrogen-bond donors (Lipinski definition) is 0. The highest BCUT2D eigenvalue weighted by molar-refractivity contribution is 6.35. The number of pyridine rings is 1. The molecule has 0 saturated heterocycles. The average molecular weight is 587 g/mol. The Morgan fingerprint density at radius 3 is 2.00 bits per heavy atom. The lowest BCUT2D eigenvalue weighted by Gasteiger charge is -2.15. The second kappa shape index (κ2) is 10.8. The van der Waals surface area contributed by atoms with Crippen LogP contribution in [0.15, 0.2) is 91.1 Å². The summed E-state index contributed by atoms with van der Waals surface area (Å²) in [5.74, 6) is -0.458. The summed E-state index contributed by atoms with van der Waals surface area (Å²) in [5.41, 5.74) is -1.89. The van der Waals surface area contributed by atoms with Crippen molar-refractivity contribution in [1.82, 2.24) is 20.0 Å². The number of carbonyl (C=O) groups excluding carboxylic acids is 1. The van der Waals surface area contributed by atoms with Crippen LogP contribution in [0.3, 0.4) is 0 Å². The van der Waals surface area contributed by atoms with E-state index >= 15 is 0 Å². The minimum absolute atomic E-state index is 0.0644. The Morgan fingerprint density at radius 2 is 1.37 bits per heavy atom. The number of rotatable bonds is 6. The van der Waals surface area contributed by atoms with Gasteiger partial charge in [0, 0.05) is 17.3 Å². The Labute approximate surface area is 234 Å². The first-order chi connectivity index (χ1) is 19.4. The molecule has 0 atom stereocenters. The van der Waals surface area contributed by atoms with E-state index < -0.39 is 35.8 Å². The van der Waals surface area contributed by atoms with Crippen LogP contribution in [-0.4, -0.2) is 25.8 Å². The molecular weight excluding hydrogens is 570 g/mol. The van der Waals surface area contributed by atoms with E-state index in [1.807, 2.05) is 0 Å². The van der Waals surface area contributed by atoms with Gasteiger partial charge in [0.2, 0.25) is 0 Å². The zero-order valence-electron chi connectivity index (χ0n) is 20.7. The number of alkyl halides is 6. The van der Waals surface area contributed by atoms with Crippen LogP contribution in [0.25, 0.3) is 22.6 Å². The van der Waals surface area contributed by atoms with Crippen LogP contribution < -0.4 is 0 Å². The highest BCUT2D eigenvalue weighted by Gasteiger charge is 2.37. The summed E-state index contributed by atoms with van der Waals surface area (Å²) in [6.45, 7) is -0.481. The molecule has 0 amide bonds. The van der Waals surface area contributed by atoms with Gasteiger partial charge < -0.3 is 0 Å². The Morgan fingerprint density at radius 1 is 0.756 bits per heavy atom. The molecule has 5 rings (SSSR count). The second-order valence-corrected chi connectivity index (χ2v) is 9.34. The molecule has 0 aliphatic heterocycles. The molecule has 0 radical (unpaired) electrons. The fourth-order valence-corrected chi connectivity index (χ4v) is 4.54. The van der Waals surface area contributed by atoms with Crippen LogP contribution in [0, 0.1) is 0 Å². The molecule has 0 bridgehead atoms. The number of halogens is 7. The van der Waals surface area contributed by atoms with Crippen LogP contribution in [0.2, 0.25) is 5.02 Å². The molecule has 12 heteroatoms. The molecule has 0 aliphatic rings. The average Bonchev–Trinajstić information content (AvgIpc) is 3.35. The van der Waals surface area contributed by atoms with Gasteiger partial charge in [-0.1, -0.05) is 59.3 Å². The SMILES string of the molecule is O=C(c1ccccc1Cl)c1cccnc1-c1nnn(Cc2cc(C(F)(F)F)cc(C(F)(F)F)c2)c1-c1ccccc1. The summed E-state index contributed by atoms with van der Waals surface area (Å²) in [6, 6.07) is 19.3. The van der Waals surface area contributed by atoms with E-state index in [-0.39, 0.29) is 44.9 Å². The summed E-state index contributed by atoms with van der Waals surface area (Å²) in [6.07, 6.45) is -8.59. The zero-order chi connectivity index (χ0) is 29.4. The molecule has 0 unspecified atom stereocenters. The van der Waals surface area contributed by atoms with Crippen LogP contribution in [-0.2, 0) is 18.9 Å². The summed E-state index contributed by atoms with van der Waals surface area (Å²) in [7, 11) is 0. The molecule has 3 aromatic carbocycles. The van der Waals surface area contributed by atoms with E-state index in [0.29, 0.717) is 17.7 Å². The smallest absolute Gasteiger partial charge is 0.288 e. The predicted octanol–water partition coefficient (Wildman–Crippen LogP) is 7.98. The van der Waals surface area contributed by atoms with Crippen molar-refractivity contribution in [3.63, 3.8) is 0 Å². The molecule has 5 nitrogen and oxygen atoms in total. The third-order valence-electron chi connectivity index (χ3n) is 6.16. The van der Waals surface area contributed by atoms with Crippen molar-refractivity contribution in [3.8, 4) is 22.6 Å². The van der Waals surface area contributed by atoms with E-state index in [1.54, 1.807) is 60.7 Å². The number of aromatic nitrogens is 4. The van der Waals surface area contributed by atoms with Gasteiger partial charge >= 0.3 is 12.4 Å². The van der Waals surface area contributed by atoms with Crippen LogP contribution in [0.5, 0.6) is 0 Å². The second-order valence-electron chi connectivity index (χ2n) is 8.93. The molecular formula is C29H17ClF6N4O. The summed E-state index contributed by atoms with van der Waals surface area (Å²) < 4.78 is 82.1. The Kier molecular flexibility index (Phi) is 7.39. The largest absolute Gasteiger partial charge is 0.416 e. The number of hydrogen-bond acceptors (Lipinski definition) is 4. The normalized spacial score (nSPS) is 12.0. The molecule has 0 N–H and O–H groups in total. The van der Waals surface area contributed by atoms with Gasteiger partial charge in [-0.2, -0.15) is 26.3 Å². The maximum absolute atomic E-state index is 13.5. The fraction of sp³-hybridized carbons (Fsp3) is 0.103. The molecule has 0 spiro atoms. The lowest BCUT2D eigenvalue weighted by atomic mass is 9.98. The van der Waals surface area contributed by atoms with Gasteiger partial charge in [-0.15, -0.1) is 5.10 Å². The Bertz CT molecular complexity index is 1700. The first-order valence-corrected chi connectivity index (χ1v) is 12.3. The summed E-state index contributed by atoms with van der Waals surface area (Å²) in [5, 5.41) is 8.46. The highest BCUT2D eigenvalue weighted by atomic mass is 35.5. The third-order valence-corrected chi connectivity index (χ3v) is 6.49. The quantitative estimate of drug-likeness (QED) is 0.149. The summed E-state index contributed by atoms with van der Waals surface area (Å²) in [4.78, 5) is 17.8. The van der Waals surface area contributed by atoms with Gasteiger partial charge in [0.25, 0.3) is 0 Å². The molecule has 208 valence electrons. The predicted molar refractivity (Wildman–Crippen MR) is 139 cm³/mol. The van der Waals surface area contributed by atoms with Crippen molar-refractivity contribution in [2.75, 3.05) is 0 Å². The summed E-state index contributed by atoms with van der Waals surface area (Å²) >= 11 is 6.25. The van der Waals surface area contributed by atoms with Gasteiger partial charge in [0.15, 0.2) is 5.78 Å². The maximum atomic E-state index is 13.5. The van der Waals surface area contributed by atoms with Gasteiger partial charge in [-0.3, -0.25) is 9.78 Å². The van der Waals surface area contributed by atoms with Crippen molar-refractivity contribution in [3.05, 3.63) is 124 Å². The van der Waals surface area contributed by atoms with E-state index in [4.69, 9.17) is 11.6 Å². The van der Waals surface area contributed by atoms with Crippen molar-refractivity contribution in [1.29, 1.82) is 0 Å². The fourth-order valence-electron chi connectivity index (χ4n) is 4.32. The van der Waals surface area contributed by atoms with Crippen molar-refractivity contribution in [2.24, 2.45) is 0 Å². The zero-order valence-corrected chi connectivity index (χ0v) is 21.5. The highest BCUT2D eigenvalue weighted by Crippen LogP contribution is 2.38. The topological polar surface area (TPSA) is 60.7 Å². The van der Waals surface area contributed by atoms with E-state index in [1.165, 1.54) is 16.9 Å². The number of ketones is 1. The van der Waals surface area contributed by atoms with E-state index in [0.717, 1.165) is 0 Å². The standard InChI is InChI=1S/C29H17ClF6N4O/c30-23-11-5-4-9-21(23)27(41)22-10-6-12-37-24(22)25-26(18-7-2-1-3-8-18)40(39-38-25)16-17-13-19(28(31,32)33)15-20(14-17)29(34,35)36/h1-15H,16H2. The molecule has 0 saturated carbocycles. The molecule has 41 heavy (non-hydrogen) atoms. The van der Waals surface area contributed by atoms with Gasteiger partial charge in [0.05, 0.1) is 34.0 Å². The van der Waals surface area contributed by atoms with Crippen molar-refractivity contribution < 1.29 is 31.1 Å². The molecule has 0 fully saturated rings. The minimum atomic E-state index is -5.01. The number of benzene rings is 3. The maximum Gasteiger partial charge on any atom is 0.416 e. The van der Waals surface area contributed by atoms with E-state index in [2.05, 4.69) is 15.3 Å². The number of nitrogens with zero attached hydrogens (tertiary/aromatic N) is 4. The molecule has 2 heterocycles. The van der Waals surface area contributed by atoms with E-state index in [9.17, 15) is 31.1 Å². The van der Waals surface area contributed by atoms with Gasteiger partial charge in [0.1, 0.15) is 11.4 Å². The minimum Gasteiger partial charge on any atom is -0.288 e. The Hall–Kier alpha value is -4.51. The monoisotopic (exact) mass is 586 g/mol. The molecule has 5 aromatic rings.